The molecule has 0 spiro atoms. The highest BCUT2D eigenvalue weighted by molar-refractivity contribution is 6.34. The Morgan fingerprint density at radius 1 is 1.37 bits per heavy atom. The molecule has 1 heterocycles. The Balaban J connectivity index is 3.02. The average Bonchev–Trinajstić information content (AvgIpc) is 2.36. The van der Waals surface area contributed by atoms with E-state index >= 15 is 0 Å². The van der Waals surface area contributed by atoms with Gasteiger partial charge >= 0.3 is 11.8 Å². The molecule has 1 aromatic heterocycles. The molecule has 0 saturated carbocycles. The zero-order valence-corrected chi connectivity index (χ0v) is 11.9. The number of pyridine rings is 1. The molecule has 0 aliphatic carbocycles. The second kappa shape index (κ2) is 6.31. The van der Waals surface area contributed by atoms with Gasteiger partial charge < -0.3 is 10.6 Å². The molecule has 1 rings (SSSR count). The number of aromatic nitrogens is 1. The highest BCUT2D eigenvalue weighted by Crippen LogP contribution is 2.15. The summed E-state index contributed by atoms with van der Waals surface area (Å²) in [5, 5.41) is 0. The molecule has 2 N–H and O–H groups in total. The van der Waals surface area contributed by atoms with Gasteiger partial charge in [-0.15, -0.1) is 0 Å². The third kappa shape index (κ3) is 3.77. The molecule has 0 aliphatic heterocycles. The van der Waals surface area contributed by atoms with Crippen LogP contribution in [0.5, 0.6) is 0 Å². The highest BCUT2D eigenvalue weighted by Gasteiger charge is 2.26. The van der Waals surface area contributed by atoms with Crippen molar-refractivity contribution in [3.05, 3.63) is 29.6 Å². The van der Waals surface area contributed by atoms with Gasteiger partial charge in [0.25, 0.3) is 0 Å². The van der Waals surface area contributed by atoms with Crippen LogP contribution in [0.3, 0.4) is 0 Å². The van der Waals surface area contributed by atoms with Gasteiger partial charge in [0.1, 0.15) is 0 Å². The SMILES string of the molecule is Cc1cccnc1CN(C(=O)C(N)=O)C(C)C(C)C. The summed E-state index contributed by atoms with van der Waals surface area (Å²) >= 11 is 0. The lowest BCUT2D eigenvalue weighted by atomic mass is 10.0. The summed E-state index contributed by atoms with van der Waals surface area (Å²) in [6, 6.07) is 3.68. The number of primary amides is 1. The first-order valence-electron chi connectivity index (χ1n) is 6.35. The van der Waals surface area contributed by atoms with E-state index < -0.39 is 11.8 Å². The number of carbonyl (C=O) groups excluding carboxylic acids is 2. The molecule has 5 heteroatoms. The predicted octanol–water partition coefficient (Wildman–Crippen LogP) is 1.25. The normalized spacial score (nSPS) is 12.3. The third-order valence-electron chi connectivity index (χ3n) is 3.37. The number of nitrogens with two attached hydrogens (primary N) is 1. The van der Waals surface area contributed by atoms with E-state index in [0.717, 1.165) is 11.3 Å². The fourth-order valence-corrected chi connectivity index (χ4v) is 1.75. The van der Waals surface area contributed by atoms with Crippen molar-refractivity contribution in [2.45, 2.75) is 40.3 Å². The van der Waals surface area contributed by atoms with Crippen LogP contribution in [-0.4, -0.2) is 27.7 Å². The lowest BCUT2D eigenvalue weighted by Crippen LogP contribution is -2.46. The van der Waals surface area contributed by atoms with Gasteiger partial charge in [-0.05, 0) is 31.4 Å². The van der Waals surface area contributed by atoms with Gasteiger partial charge in [0, 0.05) is 12.2 Å². The number of hydrogen-bond acceptors (Lipinski definition) is 3. The highest BCUT2D eigenvalue weighted by atomic mass is 16.2. The second-order valence-corrected chi connectivity index (χ2v) is 5.05. The summed E-state index contributed by atoms with van der Waals surface area (Å²) in [5.41, 5.74) is 6.88. The topological polar surface area (TPSA) is 76.3 Å². The first-order valence-corrected chi connectivity index (χ1v) is 6.35. The molecule has 1 atom stereocenters. The molecule has 2 amide bonds. The van der Waals surface area contributed by atoms with Crippen LogP contribution in [0.1, 0.15) is 32.0 Å². The van der Waals surface area contributed by atoms with Gasteiger partial charge in [-0.25, -0.2) is 0 Å². The number of nitrogens with zero attached hydrogens (tertiary/aromatic N) is 2. The van der Waals surface area contributed by atoms with E-state index in [-0.39, 0.29) is 12.0 Å². The van der Waals surface area contributed by atoms with E-state index in [1.165, 1.54) is 4.90 Å². The Hall–Kier alpha value is -1.91. The predicted molar refractivity (Wildman–Crippen MR) is 73.0 cm³/mol. The van der Waals surface area contributed by atoms with Crippen LogP contribution in [-0.2, 0) is 16.1 Å². The van der Waals surface area contributed by atoms with Gasteiger partial charge in [-0.3, -0.25) is 14.6 Å². The first-order chi connectivity index (χ1) is 8.84. The molecular formula is C14H21N3O2. The monoisotopic (exact) mass is 263 g/mol. The molecule has 0 saturated heterocycles. The fourth-order valence-electron chi connectivity index (χ4n) is 1.75. The van der Waals surface area contributed by atoms with Crippen molar-refractivity contribution in [1.82, 2.24) is 9.88 Å². The maximum atomic E-state index is 11.9. The van der Waals surface area contributed by atoms with Crippen LogP contribution in [0.2, 0.25) is 0 Å². The van der Waals surface area contributed by atoms with E-state index in [1.807, 2.05) is 39.8 Å². The molecule has 1 unspecified atom stereocenters. The van der Waals surface area contributed by atoms with Crippen LogP contribution in [0.4, 0.5) is 0 Å². The Morgan fingerprint density at radius 3 is 2.47 bits per heavy atom. The van der Waals surface area contributed by atoms with Crippen LogP contribution in [0.15, 0.2) is 18.3 Å². The number of aryl methyl sites for hydroxylation is 1. The van der Waals surface area contributed by atoms with Gasteiger partial charge in [-0.2, -0.15) is 0 Å². The Morgan fingerprint density at radius 2 is 2.00 bits per heavy atom. The Kier molecular flexibility index (Phi) is 5.03. The molecule has 19 heavy (non-hydrogen) atoms. The van der Waals surface area contributed by atoms with Gasteiger partial charge in [0.05, 0.1) is 12.2 Å². The smallest absolute Gasteiger partial charge is 0.312 e. The zero-order chi connectivity index (χ0) is 14.6. The van der Waals surface area contributed by atoms with Crippen LogP contribution >= 0.6 is 0 Å². The molecule has 0 fully saturated rings. The quantitative estimate of drug-likeness (QED) is 0.830. The Bertz CT molecular complexity index is 472. The molecule has 0 radical (unpaired) electrons. The minimum Gasteiger partial charge on any atom is -0.361 e. The molecule has 0 bridgehead atoms. The van der Waals surface area contributed by atoms with Crippen molar-refractivity contribution < 1.29 is 9.59 Å². The van der Waals surface area contributed by atoms with Gasteiger partial charge in [0.2, 0.25) is 0 Å². The number of rotatable bonds is 4. The molecule has 104 valence electrons. The van der Waals surface area contributed by atoms with Crippen LogP contribution in [0, 0.1) is 12.8 Å². The lowest BCUT2D eigenvalue weighted by molar-refractivity contribution is -0.146. The molecule has 1 aromatic rings. The van der Waals surface area contributed by atoms with E-state index in [4.69, 9.17) is 5.73 Å². The fraction of sp³-hybridized carbons (Fsp3) is 0.500. The van der Waals surface area contributed by atoms with E-state index in [0.29, 0.717) is 6.54 Å². The van der Waals surface area contributed by atoms with Crippen molar-refractivity contribution in [3.8, 4) is 0 Å². The van der Waals surface area contributed by atoms with Crippen molar-refractivity contribution in [2.75, 3.05) is 0 Å². The molecular weight excluding hydrogens is 242 g/mol. The summed E-state index contributed by atoms with van der Waals surface area (Å²) in [4.78, 5) is 28.8. The lowest BCUT2D eigenvalue weighted by Gasteiger charge is -2.31. The minimum absolute atomic E-state index is 0.0820. The van der Waals surface area contributed by atoms with Crippen molar-refractivity contribution >= 4 is 11.8 Å². The average molecular weight is 263 g/mol. The summed E-state index contributed by atoms with van der Waals surface area (Å²) < 4.78 is 0. The van der Waals surface area contributed by atoms with Crippen LogP contribution in [0.25, 0.3) is 0 Å². The number of carbonyl (C=O) groups is 2. The number of amides is 2. The number of hydrogen-bond donors (Lipinski definition) is 1. The van der Waals surface area contributed by atoms with Gasteiger partial charge in [-0.1, -0.05) is 19.9 Å². The first kappa shape index (κ1) is 15.1. The summed E-state index contributed by atoms with van der Waals surface area (Å²) in [6.07, 6.45) is 1.68. The van der Waals surface area contributed by atoms with E-state index in [1.54, 1.807) is 6.20 Å². The van der Waals surface area contributed by atoms with Crippen molar-refractivity contribution in [3.63, 3.8) is 0 Å². The van der Waals surface area contributed by atoms with Crippen molar-refractivity contribution in [2.24, 2.45) is 11.7 Å². The molecule has 0 aliphatic rings. The Labute approximate surface area is 113 Å². The standard InChI is InChI=1S/C14H21N3O2/c1-9(2)11(4)17(14(19)13(15)18)8-12-10(3)6-5-7-16-12/h5-7,9,11H,8H2,1-4H3,(H2,15,18). The van der Waals surface area contributed by atoms with Crippen LogP contribution < -0.4 is 5.73 Å². The third-order valence-corrected chi connectivity index (χ3v) is 3.37. The van der Waals surface area contributed by atoms with E-state index in [9.17, 15) is 9.59 Å². The zero-order valence-electron chi connectivity index (χ0n) is 11.9. The minimum atomic E-state index is -0.930. The summed E-state index contributed by atoms with van der Waals surface area (Å²) in [5.74, 6) is -1.36. The van der Waals surface area contributed by atoms with Crippen molar-refractivity contribution in [1.29, 1.82) is 0 Å². The maximum absolute atomic E-state index is 11.9. The second-order valence-electron chi connectivity index (χ2n) is 5.05. The van der Waals surface area contributed by atoms with E-state index in [2.05, 4.69) is 4.98 Å². The largest absolute Gasteiger partial charge is 0.361 e. The summed E-state index contributed by atoms with van der Waals surface area (Å²) in [6.45, 7) is 8.13. The molecule has 5 nitrogen and oxygen atoms in total. The summed E-state index contributed by atoms with van der Waals surface area (Å²) in [7, 11) is 0. The molecule has 0 aromatic carbocycles. The van der Waals surface area contributed by atoms with Gasteiger partial charge in [0.15, 0.2) is 0 Å². The maximum Gasteiger partial charge on any atom is 0.312 e.